The van der Waals surface area contributed by atoms with Crippen LogP contribution in [0.2, 0.25) is 5.02 Å². The van der Waals surface area contributed by atoms with Crippen LogP contribution < -0.4 is 0 Å². The summed E-state index contributed by atoms with van der Waals surface area (Å²) in [6.45, 7) is 0. The molecule has 5 rings (SSSR count). The molecule has 0 bridgehead atoms. The summed E-state index contributed by atoms with van der Waals surface area (Å²) in [6, 6.07) is 8.70. The van der Waals surface area contributed by atoms with Gasteiger partial charge in [0.25, 0.3) is 0 Å². The second kappa shape index (κ2) is 8.10. The van der Waals surface area contributed by atoms with Crippen LogP contribution in [0.3, 0.4) is 0 Å². The molecule has 0 atom stereocenters. The van der Waals surface area contributed by atoms with Crippen LogP contribution in [0.15, 0.2) is 70.2 Å². The molecule has 0 unspecified atom stereocenters. The number of rotatable bonds is 4. The molecule has 0 aliphatic carbocycles. The summed E-state index contributed by atoms with van der Waals surface area (Å²) in [5.41, 5.74) is -2.89. The van der Waals surface area contributed by atoms with E-state index in [-0.39, 0.29) is 27.6 Å². The molecule has 0 amide bonds. The lowest BCUT2D eigenvalue weighted by Crippen LogP contribution is -2.15. The van der Waals surface area contributed by atoms with Gasteiger partial charge in [-0.1, -0.05) is 35.0 Å². The monoisotopic (exact) mass is 492 g/mol. The normalized spacial score (nSPS) is 11.8. The Morgan fingerprint density at radius 3 is 2.35 bits per heavy atom. The molecule has 3 aromatic heterocycles. The number of halogens is 6. The van der Waals surface area contributed by atoms with E-state index >= 15 is 0 Å². The fourth-order valence-electron chi connectivity index (χ4n) is 3.53. The Morgan fingerprint density at radius 2 is 1.68 bits per heavy atom. The van der Waals surface area contributed by atoms with Crippen molar-refractivity contribution >= 4 is 11.6 Å². The molecule has 6 nitrogen and oxygen atoms in total. The zero-order valence-electron chi connectivity index (χ0n) is 16.6. The number of hydrogen-bond acceptors (Lipinski definition) is 5. The first-order valence-electron chi connectivity index (χ1n) is 9.50. The van der Waals surface area contributed by atoms with Crippen molar-refractivity contribution in [3.8, 4) is 39.6 Å². The van der Waals surface area contributed by atoms with Gasteiger partial charge in [-0.25, -0.2) is 18.4 Å². The Morgan fingerprint density at radius 1 is 0.912 bits per heavy atom. The first-order chi connectivity index (χ1) is 16.3. The maximum atomic E-state index is 14.7. The molecule has 0 aliphatic heterocycles. The third kappa shape index (κ3) is 3.54. The Kier molecular flexibility index (Phi) is 5.20. The molecular weight excluding hydrogens is 483 g/mol. The summed E-state index contributed by atoms with van der Waals surface area (Å²) in [6.07, 6.45) is -1.91. The molecule has 0 fully saturated rings. The Labute approximate surface area is 192 Å². The first-order valence-corrected chi connectivity index (χ1v) is 9.88. The highest BCUT2D eigenvalue weighted by Gasteiger charge is 2.42. The van der Waals surface area contributed by atoms with Gasteiger partial charge in [0, 0.05) is 0 Å². The zero-order chi connectivity index (χ0) is 24.0. The average Bonchev–Trinajstić information content (AvgIpc) is 3.52. The number of para-hydroxylation sites is 1. The first kappa shape index (κ1) is 21.8. The van der Waals surface area contributed by atoms with Gasteiger partial charge in [-0.2, -0.15) is 18.3 Å². The van der Waals surface area contributed by atoms with Gasteiger partial charge >= 0.3 is 6.18 Å². The molecular formula is C22H10ClF5N4O2. The number of alkyl halides is 3. The van der Waals surface area contributed by atoms with Crippen LogP contribution in [0, 0.1) is 11.6 Å². The minimum Gasteiger partial charge on any atom is -0.443 e. The van der Waals surface area contributed by atoms with E-state index in [1.165, 1.54) is 30.5 Å². The molecule has 12 heteroatoms. The molecule has 0 saturated heterocycles. The smallest absolute Gasteiger partial charge is 0.434 e. The molecule has 2 aromatic carbocycles. The van der Waals surface area contributed by atoms with Crippen molar-refractivity contribution in [1.29, 1.82) is 0 Å². The summed E-state index contributed by atoms with van der Waals surface area (Å²) < 4.78 is 82.6. The summed E-state index contributed by atoms with van der Waals surface area (Å²) >= 11 is 6.15. The molecule has 3 heterocycles. The van der Waals surface area contributed by atoms with Crippen molar-refractivity contribution in [3.63, 3.8) is 0 Å². The molecule has 172 valence electrons. The highest BCUT2D eigenvalue weighted by atomic mass is 35.5. The maximum Gasteiger partial charge on any atom is 0.434 e. The van der Waals surface area contributed by atoms with E-state index < -0.39 is 40.5 Å². The number of aromatic nitrogens is 4. The SMILES string of the molecule is Fc1ccccc1-n1ncc(-c2onc(-c3c(F)cccc3Cl)c2-c2cnco2)c1C(F)(F)F. The van der Waals surface area contributed by atoms with Gasteiger partial charge in [-0.3, -0.25) is 0 Å². The van der Waals surface area contributed by atoms with Crippen LogP contribution in [-0.2, 0) is 6.18 Å². The van der Waals surface area contributed by atoms with Gasteiger partial charge in [0.1, 0.15) is 23.0 Å². The van der Waals surface area contributed by atoms with Gasteiger partial charge in [-0.05, 0) is 24.3 Å². The van der Waals surface area contributed by atoms with E-state index in [0.717, 1.165) is 30.8 Å². The zero-order valence-corrected chi connectivity index (χ0v) is 17.4. The minimum atomic E-state index is -4.99. The molecule has 0 saturated carbocycles. The fourth-order valence-corrected chi connectivity index (χ4v) is 3.78. The molecule has 34 heavy (non-hydrogen) atoms. The van der Waals surface area contributed by atoms with Gasteiger partial charge < -0.3 is 8.94 Å². The van der Waals surface area contributed by atoms with Gasteiger partial charge in [0.15, 0.2) is 23.6 Å². The lowest BCUT2D eigenvalue weighted by atomic mass is 10.0. The predicted molar refractivity (Wildman–Crippen MR) is 110 cm³/mol. The topological polar surface area (TPSA) is 69.9 Å². The second-order valence-electron chi connectivity index (χ2n) is 6.97. The van der Waals surface area contributed by atoms with E-state index in [9.17, 15) is 22.0 Å². The van der Waals surface area contributed by atoms with Crippen molar-refractivity contribution in [3.05, 3.63) is 83.6 Å². The van der Waals surface area contributed by atoms with E-state index in [2.05, 4.69) is 15.2 Å². The second-order valence-corrected chi connectivity index (χ2v) is 7.37. The molecule has 5 aromatic rings. The van der Waals surface area contributed by atoms with E-state index in [4.69, 9.17) is 20.5 Å². The standard InChI is InChI=1S/C22H10ClF5N4O2/c23-12-4-3-6-14(25)17(12)19-18(16-9-29-10-33-16)20(34-31-19)11-8-30-32(21(11)22(26,27)28)15-7-2-1-5-13(15)24/h1-10H. The Balaban J connectivity index is 1.81. The molecule has 0 radical (unpaired) electrons. The number of oxazole rings is 1. The highest BCUT2D eigenvalue weighted by molar-refractivity contribution is 6.33. The number of benzene rings is 2. The van der Waals surface area contributed by atoms with Gasteiger partial charge in [0.2, 0.25) is 0 Å². The highest BCUT2D eigenvalue weighted by Crippen LogP contribution is 2.46. The minimum absolute atomic E-state index is 0.0567. The predicted octanol–water partition coefficient (Wildman–Crippen LogP) is 6.80. The summed E-state index contributed by atoms with van der Waals surface area (Å²) in [5.74, 6) is -2.21. The van der Waals surface area contributed by atoms with Crippen LogP contribution >= 0.6 is 11.6 Å². The largest absolute Gasteiger partial charge is 0.443 e. The Bertz CT molecular complexity index is 1470. The number of hydrogen-bond donors (Lipinski definition) is 0. The van der Waals surface area contributed by atoms with Crippen LogP contribution in [0.25, 0.3) is 39.6 Å². The summed E-state index contributed by atoms with van der Waals surface area (Å²) in [5, 5.41) is 7.49. The molecule has 0 N–H and O–H groups in total. The van der Waals surface area contributed by atoms with Crippen molar-refractivity contribution in [2.75, 3.05) is 0 Å². The van der Waals surface area contributed by atoms with Crippen molar-refractivity contribution in [2.24, 2.45) is 0 Å². The van der Waals surface area contributed by atoms with Crippen molar-refractivity contribution in [2.45, 2.75) is 6.18 Å². The van der Waals surface area contributed by atoms with Crippen LogP contribution in [-0.4, -0.2) is 19.9 Å². The van der Waals surface area contributed by atoms with E-state index in [1.54, 1.807) is 0 Å². The van der Waals surface area contributed by atoms with Crippen molar-refractivity contribution in [1.82, 2.24) is 19.9 Å². The maximum absolute atomic E-state index is 14.7. The quantitative estimate of drug-likeness (QED) is 0.258. The van der Waals surface area contributed by atoms with Crippen molar-refractivity contribution < 1.29 is 30.9 Å². The lowest BCUT2D eigenvalue weighted by molar-refractivity contribution is -0.142. The molecule has 0 spiro atoms. The third-order valence-corrected chi connectivity index (χ3v) is 5.25. The molecule has 0 aliphatic rings. The average molecular weight is 493 g/mol. The summed E-state index contributed by atoms with van der Waals surface area (Å²) in [4.78, 5) is 3.77. The Hall–Kier alpha value is -3.99. The van der Waals surface area contributed by atoms with Crippen LogP contribution in [0.4, 0.5) is 22.0 Å². The van der Waals surface area contributed by atoms with Crippen LogP contribution in [0.1, 0.15) is 5.69 Å². The fraction of sp³-hybridized carbons (Fsp3) is 0.0455. The van der Waals surface area contributed by atoms with E-state index in [0.29, 0.717) is 4.68 Å². The van der Waals surface area contributed by atoms with Gasteiger partial charge in [0.05, 0.1) is 34.1 Å². The van der Waals surface area contributed by atoms with Crippen LogP contribution in [0.5, 0.6) is 0 Å². The van der Waals surface area contributed by atoms with Gasteiger partial charge in [-0.15, -0.1) is 0 Å². The van der Waals surface area contributed by atoms with E-state index in [1.807, 2.05) is 0 Å². The third-order valence-electron chi connectivity index (χ3n) is 4.93. The number of nitrogens with zero attached hydrogens (tertiary/aromatic N) is 4. The summed E-state index contributed by atoms with van der Waals surface area (Å²) in [7, 11) is 0. The lowest BCUT2D eigenvalue weighted by Gasteiger charge is -2.13.